The van der Waals surface area contributed by atoms with Gasteiger partial charge in [0.2, 0.25) is 5.91 Å². The minimum absolute atomic E-state index is 0.00271. The van der Waals surface area contributed by atoms with Gasteiger partial charge in [-0.1, -0.05) is 42.5 Å². The second kappa shape index (κ2) is 9.85. The third-order valence-corrected chi connectivity index (χ3v) is 6.42. The zero-order chi connectivity index (χ0) is 19.0. The minimum atomic E-state index is -2.92. The highest BCUT2D eigenvalue weighted by Crippen LogP contribution is 2.16. The lowest BCUT2D eigenvalue weighted by Gasteiger charge is -2.25. The van der Waals surface area contributed by atoms with E-state index in [4.69, 9.17) is 0 Å². The van der Waals surface area contributed by atoms with Gasteiger partial charge in [-0.05, 0) is 19.0 Å². The molecule has 0 aliphatic carbocycles. The molecule has 1 fully saturated rings. The van der Waals surface area contributed by atoms with Gasteiger partial charge in [0.05, 0.1) is 18.1 Å². The molecule has 0 saturated carbocycles. The number of sulfone groups is 1. The summed E-state index contributed by atoms with van der Waals surface area (Å²) in [6, 6.07) is 9.83. The molecule has 1 aliphatic heterocycles. The summed E-state index contributed by atoms with van der Waals surface area (Å²) >= 11 is 0. The van der Waals surface area contributed by atoms with Crippen LogP contribution in [0.2, 0.25) is 0 Å². The van der Waals surface area contributed by atoms with Crippen molar-refractivity contribution >= 4 is 21.8 Å². The number of nitrogens with zero attached hydrogens (tertiary/aromatic N) is 2. The highest BCUT2D eigenvalue weighted by atomic mass is 32.2. The third-order valence-electron chi connectivity index (χ3n) is 4.67. The van der Waals surface area contributed by atoms with Crippen LogP contribution in [-0.4, -0.2) is 80.1 Å². The molecule has 1 heterocycles. The standard InChI is InChI=1S/C19H28N2O4S/c1-20(18-10-15-26(24,25)16-18)12-9-19(23)21(13-14-22)11-5-8-17-6-3-2-4-7-17/h2-8,18,22H,9-16H2,1H3. The van der Waals surface area contributed by atoms with Gasteiger partial charge >= 0.3 is 0 Å². The summed E-state index contributed by atoms with van der Waals surface area (Å²) in [6.07, 6.45) is 4.81. The van der Waals surface area contributed by atoms with E-state index in [9.17, 15) is 18.3 Å². The number of aliphatic hydroxyl groups is 1. The predicted molar refractivity (Wildman–Crippen MR) is 103 cm³/mol. The number of benzene rings is 1. The molecule has 1 aromatic carbocycles. The second-order valence-electron chi connectivity index (χ2n) is 6.66. The fraction of sp³-hybridized carbons (Fsp3) is 0.526. The quantitative estimate of drug-likeness (QED) is 0.692. The van der Waals surface area contributed by atoms with E-state index in [-0.39, 0.29) is 30.1 Å². The zero-order valence-corrected chi connectivity index (χ0v) is 16.1. The average Bonchev–Trinajstić information content (AvgIpc) is 2.99. The van der Waals surface area contributed by atoms with E-state index in [2.05, 4.69) is 0 Å². The number of amides is 1. The van der Waals surface area contributed by atoms with Crippen LogP contribution in [0.3, 0.4) is 0 Å². The molecular weight excluding hydrogens is 352 g/mol. The molecular formula is C19H28N2O4S. The molecule has 1 unspecified atom stereocenters. The maximum atomic E-state index is 12.5. The lowest BCUT2D eigenvalue weighted by molar-refractivity contribution is -0.131. The summed E-state index contributed by atoms with van der Waals surface area (Å²) in [5.41, 5.74) is 1.06. The van der Waals surface area contributed by atoms with Gasteiger partial charge in [-0.2, -0.15) is 0 Å². The Morgan fingerprint density at radius 2 is 2.00 bits per heavy atom. The van der Waals surface area contributed by atoms with Gasteiger partial charge in [0.1, 0.15) is 0 Å². The number of carbonyl (C=O) groups excluding carboxylic acids is 1. The van der Waals surface area contributed by atoms with Gasteiger partial charge in [-0.15, -0.1) is 0 Å². The number of carbonyl (C=O) groups is 1. The van der Waals surface area contributed by atoms with Gasteiger partial charge in [0.25, 0.3) is 0 Å². The maximum absolute atomic E-state index is 12.5. The topological polar surface area (TPSA) is 77.9 Å². The Labute approximate surface area is 156 Å². The molecule has 0 aromatic heterocycles. The van der Waals surface area contributed by atoms with E-state index in [0.29, 0.717) is 32.5 Å². The molecule has 0 spiro atoms. The lowest BCUT2D eigenvalue weighted by atomic mass is 10.2. The van der Waals surface area contributed by atoms with Crippen molar-refractivity contribution in [3.05, 3.63) is 42.0 Å². The maximum Gasteiger partial charge on any atom is 0.224 e. The number of aliphatic hydroxyl groups excluding tert-OH is 1. The summed E-state index contributed by atoms with van der Waals surface area (Å²) in [5.74, 6) is 0.374. The Morgan fingerprint density at radius 1 is 1.27 bits per heavy atom. The van der Waals surface area contributed by atoms with E-state index in [1.807, 2.05) is 54.4 Å². The molecule has 7 heteroatoms. The molecule has 6 nitrogen and oxygen atoms in total. The van der Waals surface area contributed by atoms with E-state index < -0.39 is 9.84 Å². The van der Waals surface area contributed by atoms with Gasteiger partial charge in [-0.25, -0.2) is 8.42 Å². The van der Waals surface area contributed by atoms with Crippen LogP contribution in [-0.2, 0) is 14.6 Å². The van der Waals surface area contributed by atoms with E-state index in [1.54, 1.807) is 4.90 Å². The Kier molecular flexibility index (Phi) is 7.81. The number of hydrogen-bond donors (Lipinski definition) is 1. The van der Waals surface area contributed by atoms with E-state index >= 15 is 0 Å². The molecule has 144 valence electrons. The Hall–Kier alpha value is -1.70. The molecule has 1 atom stereocenters. The fourth-order valence-electron chi connectivity index (χ4n) is 3.05. The van der Waals surface area contributed by atoms with Crippen LogP contribution in [0.5, 0.6) is 0 Å². The lowest BCUT2D eigenvalue weighted by Crippen LogP contribution is -2.38. The van der Waals surface area contributed by atoms with Crippen molar-refractivity contribution in [1.29, 1.82) is 0 Å². The van der Waals surface area contributed by atoms with Crippen LogP contribution in [0.4, 0.5) is 0 Å². The summed E-state index contributed by atoms with van der Waals surface area (Å²) in [5, 5.41) is 9.21. The van der Waals surface area contributed by atoms with Crippen LogP contribution >= 0.6 is 0 Å². The highest BCUT2D eigenvalue weighted by molar-refractivity contribution is 7.91. The van der Waals surface area contributed by atoms with Crippen molar-refractivity contribution in [3.8, 4) is 0 Å². The van der Waals surface area contributed by atoms with Crippen LogP contribution in [0.15, 0.2) is 36.4 Å². The van der Waals surface area contributed by atoms with Gasteiger partial charge in [0, 0.05) is 32.1 Å². The first-order valence-electron chi connectivity index (χ1n) is 8.92. The monoisotopic (exact) mass is 380 g/mol. The minimum Gasteiger partial charge on any atom is -0.395 e. The van der Waals surface area contributed by atoms with Gasteiger partial charge in [0.15, 0.2) is 9.84 Å². The van der Waals surface area contributed by atoms with Gasteiger partial charge in [-0.3, -0.25) is 4.79 Å². The third kappa shape index (κ3) is 6.55. The Morgan fingerprint density at radius 3 is 2.62 bits per heavy atom. The number of rotatable bonds is 9. The summed E-state index contributed by atoms with van der Waals surface area (Å²) in [6.45, 7) is 1.17. The van der Waals surface area contributed by atoms with Crippen molar-refractivity contribution in [2.75, 3.05) is 44.8 Å². The Bertz CT molecular complexity index is 704. The molecule has 1 saturated heterocycles. The fourth-order valence-corrected chi connectivity index (χ4v) is 4.86. The zero-order valence-electron chi connectivity index (χ0n) is 15.3. The largest absolute Gasteiger partial charge is 0.395 e. The normalized spacial score (nSPS) is 19.3. The van der Waals surface area contributed by atoms with E-state index in [1.165, 1.54) is 0 Å². The molecule has 0 radical (unpaired) electrons. The molecule has 1 aliphatic rings. The van der Waals surface area contributed by atoms with Crippen molar-refractivity contribution in [2.45, 2.75) is 18.9 Å². The van der Waals surface area contributed by atoms with Crippen molar-refractivity contribution in [2.24, 2.45) is 0 Å². The molecule has 1 amide bonds. The van der Waals surface area contributed by atoms with Crippen LogP contribution in [0.25, 0.3) is 6.08 Å². The summed E-state index contributed by atoms with van der Waals surface area (Å²) < 4.78 is 23.1. The summed E-state index contributed by atoms with van der Waals surface area (Å²) in [4.78, 5) is 16.0. The highest BCUT2D eigenvalue weighted by Gasteiger charge is 2.30. The molecule has 26 heavy (non-hydrogen) atoms. The van der Waals surface area contributed by atoms with Crippen LogP contribution in [0.1, 0.15) is 18.4 Å². The van der Waals surface area contributed by atoms with Crippen LogP contribution < -0.4 is 0 Å². The number of hydrogen-bond acceptors (Lipinski definition) is 5. The Balaban J connectivity index is 1.82. The second-order valence-corrected chi connectivity index (χ2v) is 8.89. The smallest absolute Gasteiger partial charge is 0.224 e. The first-order chi connectivity index (χ1) is 12.4. The molecule has 1 N–H and O–H groups in total. The van der Waals surface area contributed by atoms with Crippen molar-refractivity contribution < 1.29 is 18.3 Å². The molecule has 1 aromatic rings. The average molecular weight is 381 g/mol. The SMILES string of the molecule is CN(CCC(=O)N(CC=Cc1ccccc1)CCO)C1CCS(=O)(=O)C1. The van der Waals surface area contributed by atoms with Crippen molar-refractivity contribution in [1.82, 2.24) is 9.80 Å². The first-order valence-corrected chi connectivity index (χ1v) is 10.7. The summed E-state index contributed by atoms with van der Waals surface area (Å²) in [7, 11) is -1.06. The van der Waals surface area contributed by atoms with Crippen molar-refractivity contribution in [3.63, 3.8) is 0 Å². The molecule has 2 rings (SSSR count). The predicted octanol–water partition coefficient (Wildman–Crippen LogP) is 1.03. The van der Waals surface area contributed by atoms with E-state index in [0.717, 1.165) is 5.56 Å². The van der Waals surface area contributed by atoms with Crippen LogP contribution in [0, 0.1) is 0 Å². The first kappa shape index (κ1) is 20.6. The molecule has 0 bridgehead atoms. The van der Waals surface area contributed by atoms with Gasteiger partial charge < -0.3 is 14.9 Å².